The Morgan fingerprint density at radius 1 is 1.27 bits per heavy atom. The van der Waals surface area contributed by atoms with Crippen LogP contribution in [0.15, 0.2) is 24.4 Å². The third-order valence-electron chi connectivity index (χ3n) is 3.24. The predicted octanol–water partition coefficient (Wildman–Crippen LogP) is 1.32. The normalized spacial score (nSPS) is 26.2. The first kappa shape index (κ1) is 8.85. The smallest absolute Gasteiger partial charge is 0.160 e. The maximum atomic E-state index is 6.08. The van der Waals surface area contributed by atoms with Gasteiger partial charge in [0, 0.05) is 18.2 Å². The molecule has 4 nitrogen and oxygen atoms in total. The van der Waals surface area contributed by atoms with Crippen LogP contribution in [0.4, 0.5) is 0 Å². The molecule has 0 amide bonds. The maximum Gasteiger partial charge on any atom is 0.160 e. The molecule has 1 aliphatic carbocycles. The average molecular weight is 202 g/mol. The lowest BCUT2D eigenvalue weighted by molar-refractivity contribution is 0.575. The van der Waals surface area contributed by atoms with E-state index in [9.17, 15) is 0 Å². The first-order chi connectivity index (χ1) is 7.36. The molecule has 0 saturated heterocycles. The minimum atomic E-state index is 0.248. The van der Waals surface area contributed by atoms with Crippen molar-refractivity contribution in [1.29, 1.82) is 0 Å². The fourth-order valence-corrected chi connectivity index (χ4v) is 2.42. The summed E-state index contributed by atoms with van der Waals surface area (Å²) in [6, 6.07) is 6.19. The van der Waals surface area contributed by atoms with E-state index in [1.54, 1.807) is 0 Å². The van der Waals surface area contributed by atoms with Crippen LogP contribution >= 0.6 is 0 Å². The Balaban J connectivity index is 2.10. The topological polar surface area (TPSA) is 56.2 Å². The predicted molar refractivity (Wildman–Crippen MR) is 57.6 cm³/mol. The maximum absolute atomic E-state index is 6.08. The molecule has 1 aliphatic rings. The van der Waals surface area contributed by atoms with E-state index in [4.69, 9.17) is 5.73 Å². The minimum Gasteiger partial charge on any atom is -0.327 e. The van der Waals surface area contributed by atoms with E-state index in [1.807, 2.05) is 24.4 Å². The molecule has 1 fully saturated rings. The number of pyridine rings is 1. The third kappa shape index (κ3) is 1.33. The Hall–Kier alpha value is -1.42. The summed E-state index contributed by atoms with van der Waals surface area (Å²) >= 11 is 0. The fourth-order valence-electron chi connectivity index (χ4n) is 2.42. The lowest BCUT2D eigenvalue weighted by Gasteiger charge is -2.12. The molecule has 2 unspecified atom stereocenters. The second-order valence-corrected chi connectivity index (χ2v) is 4.19. The molecule has 0 spiro atoms. The van der Waals surface area contributed by atoms with E-state index < -0.39 is 0 Å². The van der Waals surface area contributed by atoms with Crippen LogP contribution in [0.2, 0.25) is 0 Å². The number of rotatable bonds is 1. The molecule has 2 aromatic rings. The van der Waals surface area contributed by atoms with Crippen LogP contribution in [-0.2, 0) is 0 Å². The molecule has 3 rings (SSSR count). The zero-order valence-electron chi connectivity index (χ0n) is 8.50. The minimum absolute atomic E-state index is 0.248. The molecule has 15 heavy (non-hydrogen) atoms. The molecule has 2 atom stereocenters. The van der Waals surface area contributed by atoms with Crippen molar-refractivity contribution in [3.8, 4) is 0 Å². The molecule has 2 heterocycles. The Labute approximate surface area is 88.1 Å². The van der Waals surface area contributed by atoms with Crippen molar-refractivity contribution in [1.82, 2.24) is 14.6 Å². The van der Waals surface area contributed by atoms with Gasteiger partial charge in [0.1, 0.15) is 5.82 Å². The van der Waals surface area contributed by atoms with Crippen molar-refractivity contribution in [3.63, 3.8) is 0 Å². The van der Waals surface area contributed by atoms with Gasteiger partial charge in [-0.25, -0.2) is 0 Å². The lowest BCUT2D eigenvalue weighted by Crippen LogP contribution is -2.24. The lowest BCUT2D eigenvalue weighted by atomic mass is 10.0. The quantitative estimate of drug-likeness (QED) is 0.758. The molecule has 78 valence electrons. The van der Waals surface area contributed by atoms with Gasteiger partial charge in [0.15, 0.2) is 5.65 Å². The molecular formula is C11H14N4. The van der Waals surface area contributed by atoms with Gasteiger partial charge in [-0.1, -0.05) is 12.5 Å². The summed E-state index contributed by atoms with van der Waals surface area (Å²) in [5, 5.41) is 8.42. The van der Waals surface area contributed by atoms with E-state index >= 15 is 0 Å². The summed E-state index contributed by atoms with van der Waals surface area (Å²) in [5.74, 6) is 1.40. The third-order valence-corrected chi connectivity index (χ3v) is 3.24. The number of hydrogen-bond acceptors (Lipinski definition) is 3. The molecule has 0 radical (unpaired) electrons. The number of hydrogen-bond donors (Lipinski definition) is 1. The van der Waals surface area contributed by atoms with Crippen LogP contribution in [0.25, 0.3) is 5.65 Å². The van der Waals surface area contributed by atoms with Crippen molar-refractivity contribution < 1.29 is 0 Å². The molecule has 2 aromatic heterocycles. The van der Waals surface area contributed by atoms with Gasteiger partial charge in [-0.2, -0.15) is 0 Å². The van der Waals surface area contributed by atoms with Crippen LogP contribution < -0.4 is 5.73 Å². The highest BCUT2D eigenvalue weighted by Gasteiger charge is 2.29. The standard InChI is InChI=1S/C11H14N4/c12-9-5-3-4-8(9)11-14-13-10-6-1-2-7-15(10)11/h1-2,6-9H,3-5,12H2. The Kier molecular flexibility index (Phi) is 1.95. The van der Waals surface area contributed by atoms with E-state index in [0.29, 0.717) is 5.92 Å². The van der Waals surface area contributed by atoms with E-state index in [1.165, 1.54) is 6.42 Å². The van der Waals surface area contributed by atoms with E-state index in [2.05, 4.69) is 14.6 Å². The number of nitrogens with two attached hydrogens (primary N) is 1. The summed E-state index contributed by atoms with van der Waals surface area (Å²) in [4.78, 5) is 0. The van der Waals surface area contributed by atoms with Crippen molar-refractivity contribution in [2.45, 2.75) is 31.2 Å². The molecular weight excluding hydrogens is 188 g/mol. The number of fused-ring (bicyclic) bond motifs is 1. The summed E-state index contributed by atoms with van der Waals surface area (Å²) in [5.41, 5.74) is 6.99. The summed E-state index contributed by atoms with van der Waals surface area (Å²) < 4.78 is 2.05. The van der Waals surface area contributed by atoms with Crippen molar-refractivity contribution in [2.24, 2.45) is 5.73 Å². The largest absolute Gasteiger partial charge is 0.327 e. The Morgan fingerprint density at radius 2 is 2.20 bits per heavy atom. The van der Waals surface area contributed by atoms with Gasteiger partial charge < -0.3 is 5.73 Å². The van der Waals surface area contributed by atoms with Crippen molar-refractivity contribution in [2.75, 3.05) is 0 Å². The van der Waals surface area contributed by atoms with Crippen LogP contribution in [-0.4, -0.2) is 20.6 Å². The number of nitrogens with zero attached hydrogens (tertiary/aromatic N) is 3. The zero-order valence-corrected chi connectivity index (χ0v) is 8.50. The van der Waals surface area contributed by atoms with Crippen LogP contribution in [0.3, 0.4) is 0 Å². The first-order valence-corrected chi connectivity index (χ1v) is 5.41. The van der Waals surface area contributed by atoms with Crippen molar-refractivity contribution >= 4 is 5.65 Å². The monoisotopic (exact) mass is 202 g/mol. The van der Waals surface area contributed by atoms with Gasteiger partial charge in [-0.05, 0) is 25.0 Å². The molecule has 1 saturated carbocycles. The second-order valence-electron chi connectivity index (χ2n) is 4.19. The number of aromatic nitrogens is 3. The molecule has 2 N–H and O–H groups in total. The molecule has 4 heteroatoms. The van der Waals surface area contributed by atoms with E-state index in [0.717, 1.165) is 24.3 Å². The first-order valence-electron chi connectivity index (χ1n) is 5.41. The van der Waals surface area contributed by atoms with Gasteiger partial charge in [0.05, 0.1) is 0 Å². The van der Waals surface area contributed by atoms with Crippen LogP contribution in [0.5, 0.6) is 0 Å². The van der Waals surface area contributed by atoms with Gasteiger partial charge in [0.25, 0.3) is 0 Å². The summed E-state index contributed by atoms with van der Waals surface area (Å²) in [6.07, 6.45) is 5.45. The molecule has 0 bridgehead atoms. The van der Waals surface area contributed by atoms with Crippen LogP contribution in [0, 0.1) is 0 Å². The summed E-state index contributed by atoms with van der Waals surface area (Å²) in [6.45, 7) is 0. The fraction of sp³-hybridized carbons (Fsp3) is 0.455. The molecule has 0 aromatic carbocycles. The van der Waals surface area contributed by atoms with Gasteiger partial charge in [-0.3, -0.25) is 4.40 Å². The molecule has 0 aliphatic heterocycles. The Bertz CT molecular complexity index is 476. The SMILES string of the molecule is NC1CCCC1c1nnc2ccccn12. The van der Waals surface area contributed by atoms with Gasteiger partial charge >= 0.3 is 0 Å². The van der Waals surface area contributed by atoms with Gasteiger partial charge in [0.2, 0.25) is 0 Å². The van der Waals surface area contributed by atoms with Crippen molar-refractivity contribution in [3.05, 3.63) is 30.2 Å². The highest BCUT2D eigenvalue weighted by molar-refractivity contribution is 5.37. The highest BCUT2D eigenvalue weighted by atomic mass is 15.2. The van der Waals surface area contributed by atoms with Crippen LogP contribution in [0.1, 0.15) is 31.0 Å². The zero-order chi connectivity index (χ0) is 10.3. The highest BCUT2D eigenvalue weighted by Crippen LogP contribution is 2.32. The van der Waals surface area contributed by atoms with Gasteiger partial charge in [-0.15, -0.1) is 10.2 Å². The average Bonchev–Trinajstić information content (AvgIpc) is 2.83. The summed E-state index contributed by atoms with van der Waals surface area (Å²) in [7, 11) is 0. The Morgan fingerprint density at radius 3 is 3.00 bits per heavy atom. The second kappa shape index (κ2) is 3.31. The van der Waals surface area contributed by atoms with E-state index in [-0.39, 0.29) is 6.04 Å².